The molecular weight excluding hydrogens is 242 g/mol. The van der Waals surface area contributed by atoms with Crippen LogP contribution < -0.4 is 15.4 Å². The van der Waals surface area contributed by atoms with E-state index in [0.717, 1.165) is 31.6 Å². The number of hydrogen-bond donors (Lipinski definition) is 2. The van der Waals surface area contributed by atoms with E-state index in [1.807, 2.05) is 13.0 Å². The molecule has 2 N–H and O–H groups in total. The van der Waals surface area contributed by atoms with E-state index in [4.69, 9.17) is 4.74 Å². The number of amides is 1. The summed E-state index contributed by atoms with van der Waals surface area (Å²) in [6, 6.07) is 3.59. The zero-order valence-corrected chi connectivity index (χ0v) is 11.3. The molecule has 5 heteroatoms. The largest absolute Gasteiger partial charge is 0.478 e. The monoisotopic (exact) mass is 263 g/mol. The molecule has 0 bridgehead atoms. The minimum absolute atomic E-state index is 0.0675. The molecule has 1 aromatic heterocycles. The molecule has 5 nitrogen and oxygen atoms in total. The Balaban J connectivity index is 1.80. The molecule has 2 rings (SSSR count). The second kappa shape index (κ2) is 7.09. The van der Waals surface area contributed by atoms with Crippen LogP contribution in [0, 0.1) is 5.92 Å². The molecule has 104 valence electrons. The van der Waals surface area contributed by atoms with Gasteiger partial charge in [0.1, 0.15) is 0 Å². The number of piperidine rings is 1. The summed E-state index contributed by atoms with van der Waals surface area (Å²) in [5, 5.41) is 6.18. The summed E-state index contributed by atoms with van der Waals surface area (Å²) in [7, 11) is 0. The highest BCUT2D eigenvalue weighted by Crippen LogP contribution is 2.17. The smallest absolute Gasteiger partial charge is 0.224 e. The second-order valence-corrected chi connectivity index (χ2v) is 4.76. The van der Waals surface area contributed by atoms with Crippen molar-refractivity contribution in [2.24, 2.45) is 5.92 Å². The van der Waals surface area contributed by atoms with Crippen LogP contribution in [0.1, 0.15) is 26.2 Å². The van der Waals surface area contributed by atoms with Crippen molar-refractivity contribution >= 4 is 11.6 Å². The molecule has 0 atom stereocenters. The summed E-state index contributed by atoms with van der Waals surface area (Å²) < 4.78 is 5.26. The van der Waals surface area contributed by atoms with Crippen molar-refractivity contribution in [3.63, 3.8) is 0 Å². The van der Waals surface area contributed by atoms with Gasteiger partial charge < -0.3 is 15.4 Å². The first kappa shape index (κ1) is 13.8. The normalized spacial score (nSPS) is 16.1. The zero-order valence-electron chi connectivity index (χ0n) is 11.3. The Bertz CT molecular complexity index is 400. The lowest BCUT2D eigenvalue weighted by Crippen LogP contribution is -2.30. The molecule has 0 unspecified atom stereocenters. The van der Waals surface area contributed by atoms with Crippen LogP contribution in [0.4, 0.5) is 5.69 Å². The van der Waals surface area contributed by atoms with Crippen LogP contribution >= 0.6 is 0 Å². The van der Waals surface area contributed by atoms with Crippen molar-refractivity contribution in [2.75, 3.05) is 25.0 Å². The van der Waals surface area contributed by atoms with Crippen LogP contribution in [0.25, 0.3) is 0 Å². The SMILES string of the molecule is CCOc1ccc(NC(=O)CC2CCNCC2)cn1. The first-order valence-electron chi connectivity index (χ1n) is 6.87. The zero-order chi connectivity index (χ0) is 13.5. The van der Waals surface area contributed by atoms with Crippen molar-refractivity contribution < 1.29 is 9.53 Å². The topological polar surface area (TPSA) is 63.2 Å². The molecule has 0 aliphatic carbocycles. The van der Waals surface area contributed by atoms with Crippen molar-refractivity contribution in [1.82, 2.24) is 10.3 Å². The predicted octanol–water partition coefficient (Wildman–Crippen LogP) is 1.81. The van der Waals surface area contributed by atoms with E-state index in [1.54, 1.807) is 12.3 Å². The fourth-order valence-corrected chi connectivity index (χ4v) is 2.25. The highest BCUT2D eigenvalue weighted by Gasteiger charge is 2.16. The Morgan fingerprint density at radius 3 is 2.89 bits per heavy atom. The van der Waals surface area contributed by atoms with E-state index in [2.05, 4.69) is 15.6 Å². The van der Waals surface area contributed by atoms with Crippen LogP contribution in [-0.2, 0) is 4.79 Å². The Kier molecular flexibility index (Phi) is 5.15. The number of carbonyl (C=O) groups is 1. The standard InChI is InChI=1S/C14H21N3O2/c1-2-19-14-4-3-12(10-16-14)17-13(18)9-11-5-7-15-8-6-11/h3-4,10-11,15H,2,5-9H2,1H3,(H,17,18). The molecule has 0 radical (unpaired) electrons. The summed E-state index contributed by atoms with van der Waals surface area (Å²) in [5.41, 5.74) is 0.724. The Morgan fingerprint density at radius 1 is 1.47 bits per heavy atom. The third-order valence-electron chi connectivity index (χ3n) is 3.25. The summed E-state index contributed by atoms with van der Waals surface area (Å²) in [6.45, 7) is 4.54. The third-order valence-corrected chi connectivity index (χ3v) is 3.25. The third kappa shape index (κ3) is 4.52. The highest BCUT2D eigenvalue weighted by molar-refractivity contribution is 5.90. The maximum atomic E-state index is 11.9. The first-order valence-corrected chi connectivity index (χ1v) is 6.87. The number of hydrogen-bond acceptors (Lipinski definition) is 4. The molecule has 1 aliphatic heterocycles. The number of anilines is 1. The van der Waals surface area contributed by atoms with Gasteiger partial charge in [0, 0.05) is 12.5 Å². The number of carbonyl (C=O) groups excluding carboxylic acids is 1. The van der Waals surface area contributed by atoms with Crippen LogP contribution in [0.5, 0.6) is 5.88 Å². The molecule has 1 amide bonds. The van der Waals surface area contributed by atoms with E-state index < -0.39 is 0 Å². The van der Waals surface area contributed by atoms with Crippen molar-refractivity contribution in [2.45, 2.75) is 26.2 Å². The molecule has 1 saturated heterocycles. The van der Waals surface area contributed by atoms with Crippen molar-refractivity contribution in [1.29, 1.82) is 0 Å². The molecule has 1 aromatic rings. The van der Waals surface area contributed by atoms with E-state index >= 15 is 0 Å². The molecule has 0 saturated carbocycles. The van der Waals surface area contributed by atoms with Crippen LogP contribution in [0.2, 0.25) is 0 Å². The van der Waals surface area contributed by atoms with Gasteiger partial charge in [-0.1, -0.05) is 0 Å². The Labute approximate surface area is 113 Å². The van der Waals surface area contributed by atoms with Gasteiger partial charge in [0.05, 0.1) is 18.5 Å². The molecular formula is C14H21N3O2. The van der Waals surface area contributed by atoms with Gasteiger partial charge in [-0.25, -0.2) is 4.98 Å². The highest BCUT2D eigenvalue weighted by atomic mass is 16.5. The average molecular weight is 263 g/mol. The maximum Gasteiger partial charge on any atom is 0.224 e. The van der Waals surface area contributed by atoms with Crippen molar-refractivity contribution in [3.8, 4) is 5.88 Å². The van der Waals surface area contributed by atoms with Gasteiger partial charge in [-0.15, -0.1) is 0 Å². The molecule has 1 fully saturated rings. The average Bonchev–Trinajstić information content (AvgIpc) is 2.42. The van der Waals surface area contributed by atoms with Crippen LogP contribution in [0.3, 0.4) is 0 Å². The molecule has 19 heavy (non-hydrogen) atoms. The fourth-order valence-electron chi connectivity index (χ4n) is 2.25. The number of ether oxygens (including phenoxy) is 1. The van der Waals surface area contributed by atoms with E-state index in [-0.39, 0.29) is 5.91 Å². The second-order valence-electron chi connectivity index (χ2n) is 4.76. The minimum atomic E-state index is 0.0675. The number of aromatic nitrogens is 1. The molecule has 2 heterocycles. The fraction of sp³-hybridized carbons (Fsp3) is 0.571. The molecule has 1 aliphatic rings. The summed E-state index contributed by atoms with van der Waals surface area (Å²) in [6.07, 6.45) is 4.38. The number of nitrogens with one attached hydrogen (secondary N) is 2. The van der Waals surface area contributed by atoms with Crippen LogP contribution in [-0.4, -0.2) is 30.6 Å². The quantitative estimate of drug-likeness (QED) is 0.850. The van der Waals surface area contributed by atoms with Crippen LogP contribution in [0.15, 0.2) is 18.3 Å². The molecule has 0 aromatic carbocycles. The number of nitrogens with zero attached hydrogens (tertiary/aromatic N) is 1. The Morgan fingerprint density at radius 2 is 2.26 bits per heavy atom. The predicted molar refractivity (Wildman–Crippen MR) is 74.2 cm³/mol. The number of pyridine rings is 1. The lowest BCUT2D eigenvalue weighted by Gasteiger charge is -2.21. The first-order chi connectivity index (χ1) is 9.28. The van der Waals surface area contributed by atoms with Gasteiger partial charge in [0.25, 0.3) is 0 Å². The van der Waals surface area contributed by atoms with Gasteiger partial charge in [0.2, 0.25) is 11.8 Å². The van der Waals surface area contributed by atoms with E-state index in [1.165, 1.54) is 0 Å². The molecule has 0 spiro atoms. The lowest BCUT2D eigenvalue weighted by molar-refractivity contribution is -0.117. The van der Waals surface area contributed by atoms with Crippen molar-refractivity contribution in [3.05, 3.63) is 18.3 Å². The van der Waals surface area contributed by atoms with E-state index in [9.17, 15) is 4.79 Å². The van der Waals surface area contributed by atoms with Gasteiger partial charge in [-0.2, -0.15) is 0 Å². The summed E-state index contributed by atoms with van der Waals surface area (Å²) in [4.78, 5) is 16.0. The summed E-state index contributed by atoms with van der Waals surface area (Å²) in [5.74, 6) is 1.15. The van der Waals surface area contributed by atoms with Gasteiger partial charge in [0.15, 0.2) is 0 Å². The minimum Gasteiger partial charge on any atom is -0.478 e. The summed E-state index contributed by atoms with van der Waals surface area (Å²) >= 11 is 0. The van der Waals surface area contributed by atoms with Gasteiger partial charge in [-0.05, 0) is 44.8 Å². The number of rotatable bonds is 5. The lowest BCUT2D eigenvalue weighted by atomic mass is 9.94. The van der Waals surface area contributed by atoms with Gasteiger partial charge >= 0.3 is 0 Å². The Hall–Kier alpha value is -1.62. The maximum absolute atomic E-state index is 11.9. The van der Waals surface area contributed by atoms with Gasteiger partial charge in [-0.3, -0.25) is 4.79 Å². The van der Waals surface area contributed by atoms with E-state index in [0.29, 0.717) is 24.8 Å².